The molecule has 1 aliphatic carbocycles. The fourth-order valence-corrected chi connectivity index (χ4v) is 4.29. The summed E-state index contributed by atoms with van der Waals surface area (Å²) in [6.07, 6.45) is 4.77. The molecule has 1 amide bonds. The van der Waals surface area contributed by atoms with E-state index < -0.39 is 0 Å². The lowest BCUT2D eigenvalue weighted by Crippen LogP contribution is -2.34. The average Bonchev–Trinajstić information content (AvgIpc) is 3.40. The molecular formula is C20H27N5OS. The molecule has 0 spiro atoms. The molecule has 4 rings (SSSR count). The number of aromatic nitrogens is 3. The highest BCUT2D eigenvalue weighted by Gasteiger charge is 2.32. The van der Waals surface area contributed by atoms with Crippen molar-refractivity contribution in [1.29, 1.82) is 0 Å². The van der Waals surface area contributed by atoms with Crippen LogP contribution in [0.3, 0.4) is 0 Å². The number of thioether (sulfide) groups is 1. The Bertz CT molecular complexity index is 808. The van der Waals surface area contributed by atoms with Crippen molar-refractivity contribution in [2.45, 2.75) is 50.7 Å². The average molecular weight is 386 g/mol. The van der Waals surface area contributed by atoms with Crippen LogP contribution < -0.4 is 10.2 Å². The summed E-state index contributed by atoms with van der Waals surface area (Å²) in [5, 5.41) is 12.7. The lowest BCUT2D eigenvalue weighted by Gasteiger charge is -2.31. The van der Waals surface area contributed by atoms with Gasteiger partial charge in [-0.1, -0.05) is 30.8 Å². The Kier molecular flexibility index (Phi) is 5.38. The van der Waals surface area contributed by atoms with Crippen molar-refractivity contribution >= 4 is 29.3 Å². The quantitative estimate of drug-likeness (QED) is 0.765. The van der Waals surface area contributed by atoms with Gasteiger partial charge >= 0.3 is 0 Å². The standard InChI is InChI=1S/C20H27N5OS/c1-14-8-10-24(11-9-14)19-22-23-20(25(19)17-6-7-17)27-13-18(26)21-16-5-3-4-15(2)12-16/h3-5,12,14,17H,6-11,13H2,1-2H3,(H,21,26). The number of nitrogens with zero attached hydrogens (tertiary/aromatic N) is 4. The SMILES string of the molecule is Cc1cccc(NC(=O)CSc2nnc(N3CCC(C)CC3)n2C2CC2)c1. The highest BCUT2D eigenvalue weighted by molar-refractivity contribution is 7.99. The Labute approximate surface area is 164 Å². The molecule has 1 N–H and O–H groups in total. The summed E-state index contributed by atoms with van der Waals surface area (Å²) in [4.78, 5) is 14.7. The number of amides is 1. The Hall–Kier alpha value is -2.02. The molecule has 1 aromatic heterocycles. The van der Waals surface area contributed by atoms with Crippen LogP contribution in [0.5, 0.6) is 0 Å². The van der Waals surface area contributed by atoms with Crippen molar-refractivity contribution < 1.29 is 4.79 Å². The minimum absolute atomic E-state index is 0.00991. The van der Waals surface area contributed by atoms with E-state index in [4.69, 9.17) is 0 Å². The maximum Gasteiger partial charge on any atom is 0.234 e. The zero-order chi connectivity index (χ0) is 18.8. The number of benzene rings is 1. The van der Waals surface area contributed by atoms with Gasteiger partial charge in [0, 0.05) is 24.8 Å². The number of hydrogen-bond acceptors (Lipinski definition) is 5. The van der Waals surface area contributed by atoms with E-state index >= 15 is 0 Å². The van der Waals surface area contributed by atoms with Crippen molar-refractivity contribution in [3.05, 3.63) is 29.8 Å². The smallest absolute Gasteiger partial charge is 0.234 e. The highest BCUT2D eigenvalue weighted by atomic mass is 32.2. The Morgan fingerprint density at radius 3 is 2.70 bits per heavy atom. The van der Waals surface area contributed by atoms with Crippen LogP contribution in [-0.2, 0) is 4.79 Å². The Morgan fingerprint density at radius 2 is 2.00 bits per heavy atom. The third-order valence-corrected chi connectivity index (χ3v) is 6.20. The number of carbonyl (C=O) groups excluding carboxylic acids is 1. The van der Waals surface area contributed by atoms with Gasteiger partial charge in [-0.05, 0) is 56.2 Å². The molecule has 1 saturated heterocycles. The third-order valence-electron chi connectivity index (χ3n) is 5.26. The van der Waals surface area contributed by atoms with Gasteiger partial charge < -0.3 is 10.2 Å². The fraction of sp³-hybridized carbons (Fsp3) is 0.550. The largest absolute Gasteiger partial charge is 0.341 e. The first-order chi connectivity index (χ1) is 13.1. The van der Waals surface area contributed by atoms with E-state index in [-0.39, 0.29) is 5.91 Å². The van der Waals surface area contributed by atoms with Crippen LogP contribution >= 0.6 is 11.8 Å². The summed E-state index contributed by atoms with van der Waals surface area (Å²) in [5.74, 6) is 2.11. The third kappa shape index (κ3) is 4.46. The van der Waals surface area contributed by atoms with Crippen molar-refractivity contribution in [2.24, 2.45) is 5.92 Å². The maximum atomic E-state index is 12.3. The Balaban J connectivity index is 1.41. The molecule has 0 atom stereocenters. The predicted molar refractivity (Wildman–Crippen MR) is 109 cm³/mol. The van der Waals surface area contributed by atoms with Crippen LogP contribution in [0, 0.1) is 12.8 Å². The molecule has 2 heterocycles. The molecule has 144 valence electrons. The van der Waals surface area contributed by atoms with Gasteiger partial charge in [0.25, 0.3) is 0 Å². The minimum Gasteiger partial charge on any atom is -0.341 e. The monoisotopic (exact) mass is 385 g/mol. The van der Waals surface area contributed by atoms with Crippen LogP contribution in [0.15, 0.2) is 29.4 Å². The van der Waals surface area contributed by atoms with Crippen molar-refractivity contribution in [1.82, 2.24) is 14.8 Å². The summed E-state index contributed by atoms with van der Waals surface area (Å²) in [6.45, 7) is 6.43. The molecule has 1 saturated carbocycles. The van der Waals surface area contributed by atoms with Crippen LogP contribution in [0.2, 0.25) is 0 Å². The lowest BCUT2D eigenvalue weighted by molar-refractivity contribution is -0.113. The minimum atomic E-state index is -0.00991. The van der Waals surface area contributed by atoms with Crippen molar-refractivity contribution in [2.75, 3.05) is 29.1 Å². The molecule has 1 aliphatic heterocycles. The zero-order valence-electron chi connectivity index (χ0n) is 16.0. The first-order valence-electron chi connectivity index (χ1n) is 9.79. The van der Waals surface area contributed by atoms with Gasteiger partial charge in [0.05, 0.1) is 5.75 Å². The molecule has 2 fully saturated rings. The normalized spacial score (nSPS) is 17.9. The first kappa shape index (κ1) is 18.3. The van der Waals surface area contributed by atoms with Crippen LogP contribution in [0.25, 0.3) is 0 Å². The lowest BCUT2D eigenvalue weighted by atomic mass is 10.00. The van der Waals surface area contributed by atoms with Gasteiger partial charge in [-0.3, -0.25) is 9.36 Å². The van der Waals surface area contributed by atoms with E-state index in [0.717, 1.165) is 41.4 Å². The van der Waals surface area contributed by atoms with Gasteiger partial charge in [-0.15, -0.1) is 10.2 Å². The molecule has 0 unspecified atom stereocenters. The molecule has 0 radical (unpaired) electrons. The van der Waals surface area contributed by atoms with Crippen molar-refractivity contribution in [3.63, 3.8) is 0 Å². The van der Waals surface area contributed by atoms with Gasteiger partial charge in [0.15, 0.2) is 5.16 Å². The summed E-state index contributed by atoms with van der Waals surface area (Å²) >= 11 is 1.48. The number of piperidine rings is 1. The molecule has 1 aromatic carbocycles. The van der Waals surface area contributed by atoms with Crippen molar-refractivity contribution in [3.8, 4) is 0 Å². The van der Waals surface area contributed by atoms with Gasteiger partial charge in [-0.2, -0.15) is 0 Å². The number of anilines is 2. The Morgan fingerprint density at radius 1 is 1.22 bits per heavy atom. The molecular weight excluding hydrogens is 358 g/mol. The number of hydrogen-bond donors (Lipinski definition) is 1. The molecule has 2 aliphatic rings. The summed E-state index contributed by atoms with van der Waals surface area (Å²) in [5.41, 5.74) is 1.97. The van der Waals surface area contributed by atoms with Gasteiger partial charge in [-0.25, -0.2) is 0 Å². The fourth-order valence-electron chi connectivity index (χ4n) is 3.49. The van der Waals surface area contributed by atoms with E-state index in [2.05, 4.69) is 31.9 Å². The second-order valence-electron chi connectivity index (χ2n) is 7.76. The number of carbonyl (C=O) groups is 1. The molecule has 6 nitrogen and oxygen atoms in total. The molecule has 0 bridgehead atoms. The maximum absolute atomic E-state index is 12.3. The molecule has 7 heteroatoms. The predicted octanol–water partition coefficient (Wildman–Crippen LogP) is 3.89. The van der Waals surface area contributed by atoms with Crippen LogP contribution in [0.4, 0.5) is 11.6 Å². The zero-order valence-corrected chi connectivity index (χ0v) is 16.8. The number of rotatable bonds is 6. The van der Waals surface area contributed by atoms with E-state index in [1.165, 1.54) is 37.4 Å². The highest BCUT2D eigenvalue weighted by Crippen LogP contribution is 2.41. The van der Waals surface area contributed by atoms with E-state index in [0.29, 0.717) is 11.8 Å². The number of nitrogens with one attached hydrogen (secondary N) is 1. The summed E-state index contributed by atoms with van der Waals surface area (Å²) in [7, 11) is 0. The van der Waals surface area contributed by atoms with Crippen LogP contribution in [0.1, 0.15) is 44.2 Å². The van der Waals surface area contributed by atoms with Gasteiger partial charge in [0.2, 0.25) is 11.9 Å². The van der Waals surface area contributed by atoms with Crippen LogP contribution in [-0.4, -0.2) is 39.5 Å². The second kappa shape index (κ2) is 7.92. The molecule has 27 heavy (non-hydrogen) atoms. The summed E-state index contributed by atoms with van der Waals surface area (Å²) in [6, 6.07) is 8.36. The van der Waals surface area contributed by atoms with E-state index in [1.807, 2.05) is 31.2 Å². The number of aryl methyl sites for hydroxylation is 1. The van der Waals surface area contributed by atoms with E-state index in [1.54, 1.807) is 0 Å². The van der Waals surface area contributed by atoms with Gasteiger partial charge in [0.1, 0.15) is 0 Å². The second-order valence-corrected chi connectivity index (χ2v) is 8.70. The van der Waals surface area contributed by atoms with E-state index in [9.17, 15) is 4.79 Å². The summed E-state index contributed by atoms with van der Waals surface area (Å²) < 4.78 is 2.26. The topological polar surface area (TPSA) is 63.1 Å². The molecule has 2 aromatic rings. The first-order valence-corrected chi connectivity index (χ1v) is 10.8.